The highest BCUT2D eigenvalue weighted by molar-refractivity contribution is 7.91. The number of hydrogen-bond acceptors (Lipinski definition) is 8. The number of piperazine rings is 1. The minimum Gasteiger partial charge on any atom is -0.345 e. The van der Waals surface area contributed by atoms with Crippen LogP contribution >= 0.6 is 11.3 Å². The Kier molecular flexibility index (Phi) is 6.47. The molecule has 1 saturated heterocycles. The Bertz CT molecular complexity index is 1390. The van der Waals surface area contributed by atoms with Crippen LogP contribution in [0.3, 0.4) is 0 Å². The van der Waals surface area contributed by atoms with Crippen LogP contribution in [-0.4, -0.2) is 70.8 Å². The van der Waals surface area contributed by atoms with Gasteiger partial charge in [-0.15, -0.1) is 0 Å². The van der Waals surface area contributed by atoms with Crippen LogP contribution in [0.5, 0.6) is 0 Å². The number of hydrogen-bond donors (Lipinski definition) is 0. The van der Waals surface area contributed by atoms with E-state index in [0.29, 0.717) is 31.7 Å². The number of nitrogens with zero attached hydrogens (tertiary/aromatic N) is 3. The fourth-order valence-corrected chi connectivity index (χ4v) is 6.59. The number of thiazole rings is 1. The Hall–Kier alpha value is -2.50. The number of carbonyl (C=O) groups excluding carboxylic acids is 1. The predicted octanol–water partition coefficient (Wildman–Crippen LogP) is 2.38. The third-order valence-electron chi connectivity index (χ3n) is 5.69. The number of rotatable bonds is 6. The van der Waals surface area contributed by atoms with Crippen LogP contribution in [0.2, 0.25) is 0 Å². The first-order valence-electron chi connectivity index (χ1n) is 10.5. The topological polar surface area (TPSA) is 105 Å². The first-order valence-corrected chi connectivity index (χ1v) is 14.9. The highest BCUT2D eigenvalue weighted by Gasteiger charge is 2.24. The summed E-state index contributed by atoms with van der Waals surface area (Å²) < 4.78 is 48.8. The molecule has 4 rings (SSSR count). The molecule has 8 nitrogen and oxygen atoms in total. The van der Waals surface area contributed by atoms with E-state index in [1.807, 2.05) is 6.07 Å². The Balaban J connectivity index is 1.40. The van der Waals surface area contributed by atoms with Gasteiger partial charge in [0.05, 0.1) is 26.7 Å². The monoisotopic (exact) mass is 507 g/mol. The average Bonchev–Trinajstić information content (AvgIpc) is 3.23. The van der Waals surface area contributed by atoms with Gasteiger partial charge in [-0.05, 0) is 29.8 Å². The highest BCUT2D eigenvalue weighted by Crippen LogP contribution is 2.33. The third kappa shape index (κ3) is 5.04. The molecule has 33 heavy (non-hydrogen) atoms. The number of fused-ring (bicyclic) bond motifs is 1. The van der Waals surface area contributed by atoms with Crippen LogP contribution in [0.25, 0.3) is 10.2 Å². The average molecular weight is 508 g/mol. The molecule has 0 atom stereocenters. The van der Waals surface area contributed by atoms with E-state index in [-0.39, 0.29) is 27.9 Å². The summed E-state index contributed by atoms with van der Waals surface area (Å²) in [7, 11) is -6.63. The van der Waals surface area contributed by atoms with Crippen LogP contribution in [0.4, 0.5) is 5.13 Å². The van der Waals surface area contributed by atoms with Gasteiger partial charge in [-0.2, -0.15) is 0 Å². The van der Waals surface area contributed by atoms with E-state index < -0.39 is 19.7 Å². The van der Waals surface area contributed by atoms with Gasteiger partial charge in [0, 0.05) is 32.4 Å². The molecule has 1 aliphatic heterocycles. The highest BCUT2D eigenvalue weighted by atomic mass is 32.2. The summed E-state index contributed by atoms with van der Waals surface area (Å²) in [5.41, 5.74) is 1.27. The second-order valence-corrected chi connectivity index (χ2v) is 13.2. The summed E-state index contributed by atoms with van der Waals surface area (Å²) in [5, 5.41) is 0.751. The largest absolute Gasteiger partial charge is 0.345 e. The van der Waals surface area contributed by atoms with E-state index in [1.165, 1.54) is 17.6 Å². The van der Waals surface area contributed by atoms with Crippen molar-refractivity contribution in [3.8, 4) is 0 Å². The lowest BCUT2D eigenvalue weighted by molar-refractivity contribution is -0.130. The van der Waals surface area contributed by atoms with E-state index in [2.05, 4.69) is 9.88 Å². The van der Waals surface area contributed by atoms with Crippen LogP contribution in [0.15, 0.2) is 52.3 Å². The molecule has 1 fully saturated rings. The fourth-order valence-electron chi connectivity index (χ4n) is 3.76. The minimum atomic E-state index is -3.37. The lowest BCUT2D eigenvalue weighted by atomic mass is 10.1. The first kappa shape index (κ1) is 23.7. The molecule has 2 aromatic carbocycles. The summed E-state index contributed by atoms with van der Waals surface area (Å²) in [5.74, 6) is 0.0316. The van der Waals surface area contributed by atoms with Gasteiger partial charge in [0.2, 0.25) is 5.91 Å². The third-order valence-corrected chi connectivity index (χ3v) is 9.65. The zero-order valence-corrected chi connectivity index (χ0v) is 20.8. The van der Waals surface area contributed by atoms with Crippen molar-refractivity contribution >= 4 is 52.3 Å². The van der Waals surface area contributed by atoms with Crippen LogP contribution in [0.1, 0.15) is 12.5 Å². The second-order valence-electron chi connectivity index (χ2n) is 7.96. The SMILES string of the molecule is CCS(=O)(=O)c1ccc(CC(=O)N2CCN(c3nc4c(S(C)(=O)=O)cccc4s3)CC2)cc1. The number of anilines is 1. The maximum absolute atomic E-state index is 12.8. The van der Waals surface area contributed by atoms with Gasteiger partial charge >= 0.3 is 0 Å². The minimum absolute atomic E-state index is 0.00980. The van der Waals surface area contributed by atoms with Crippen molar-refractivity contribution in [3.05, 3.63) is 48.0 Å². The lowest BCUT2D eigenvalue weighted by Gasteiger charge is -2.34. The van der Waals surface area contributed by atoms with Gasteiger partial charge in [-0.25, -0.2) is 21.8 Å². The maximum atomic E-state index is 12.8. The van der Waals surface area contributed by atoms with Gasteiger partial charge in [0.1, 0.15) is 5.52 Å². The molecular formula is C22H25N3O5S3. The normalized spacial score (nSPS) is 15.2. The van der Waals surface area contributed by atoms with E-state index in [0.717, 1.165) is 15.4 Å². The van der Waals surface area contributed by atoms with Crippen molar-refractivity contribution in [2.75, 3.05) is 43.1 Å². The van der Waals surface area contributed by atoms with E-state index >= 15 is 0 Å². The van der Waals surface area contributed by atoms with Crippen LogP contribution in [-0.2, 0) is 30.9 Å². The van der Waals surface area contributed by atoms with Gasteiger partial charge in [-0.1, -0.05) is 36.5 Å². The summed E-state index contributed by atoms with van der Waals surface area (Å²) in [6.45, 7) is 3.89. The molecule has 0 bridgehead atoms. The molecule has 0 radical (unpaired) electrons. The maximum Gasteiger partial charge on any atom is 0.227 e. The number of benzene rings is 2. The molecule has 2 heterocycles. The fraction of sp³-hybridized carbons (Fsp3) is 0.364. The van der Waals surface area contributed by atoms with Gasteiger partial charge in [-0.3, -0.25) is 4.79 Å². The number of carbonyl (C=O) groups is 1. The Morgan fingerprint density at radius 2 is 1.67 bits per heavy atom. The summed E-state index contributed by atoms with van der Waals surface area (Å²) in [6.07, 6.45) is 1.40. The van der Waals surface area contributed by atoms with Crippen LogP contribution < -0.4 is 4.90 Å². The van der Waals surface area contributed by atoms with Gasteiger partial charge in [0.25, 0.3) is 0 Å². The molecule has 3 aromatic rings. The molecular weight excluding hydrogens is 482 g/mol. The van der Waals surface area contributed by atoms with Crippen molar-refractivity contribution in [3.63, 3.8) is 0 Å². The number of para-hydroxylation sites is 1. The van der Waals surface area contributed by atoms with Gasteiger partial charge < -0.3 is 9.80 Å². The van der Waals surface area contributed by atoms with Crippen molar-refractivity contribution in [2.24, 2.45) is 0 Å². The zero-order valence-electron chi connectivity index (χ0n) is 18.4. The summed E-state index contributed by atoms with van der Waals surface area (Å²) in [6, 6.07) is 11.6. The molecule has 0 N–H and O–H groups in total. The Morgan fingerprint density at radius 3 is 2.27 bits per heavy atom. The Morgan fingerprint density at radius 1 is 1.00 bits per heavy atom. The van der Waals surface area contributed by atoms with Crippen molar-refractivity contribution in [1.29, 1.82) is 0 Å². The second kappa shape index (κ2) is 9.03. The molecule has 0 saturated carbocycles. The summed E-state index contributed by atoms with van der Waals surface area (Å²) in [4.78, 5) is 21.7. The van der Waals surface area contributed by atoms with E-state index in [4.69, 9.17) is 0 Å². The molecule has 11 heteroatoms. The predicted molar refractivity (Wildman–Crippen MR) is 129 cm³/mol. The smallest absolute Gasteiger partial charge is 0.227 e. The summed E-state index contributed by atoms with van der Waals surface area (Å²) >= 11 is 1.45. The first-order chi connectivity index (χ1) is 15.6. The molecule has 1 aromatic heterocycles. The lowest BCUT2D eigenvalue weighted by Crippen LogP contribution is -2.49. The number of aromatic nitrogens is 1. The Labute approximate surface area is 197 Å². The standard InChI is InChI=1S/C22H25N3O5S3/c1-3-33(29,30)17-9-7-16(8-10-17)15-20(26)24-11-13-25(14-12-24)22-23-21-18(31-22)5-4-6-19(21)32(2,27)28/h4-10H,3,11-15H2,1-2H3. The van der Waals surface area contributed by atoms with Gasteiger partial charge in [0.15, 0.2) is 24.8 Å². The van der Waals surface area contributed by atoms with Crippen molar-refractivity contribution in [1.82, 2.24) is 9.88 Å². The number of sulfone groups is 2. The van der Waals surface area contributed by atoms with E-state index in [9.17, 15) is 21.6 Å². The molecule has 0 unspecified atom stereocenters. The van der Waals surface area contributed by atoms with Crippen LogP contribution in [0, 0.1) is 0 Å². The molecule has 1 aliphatic rings. The molecule has 0 spiro atoms. The molecule has 176 valence electrons. The molecule has 0 aliphatic carbocycles. The zero-order chi connectivity index (χ0) is 23.8. The quantitative estimate of drug-likeness (QED) is 0.504. The molecule has 1 amide bonds. The van der Waals surface area contributed by atoms with E-state index in [1.54, 1.807) is 48.2 Å². The van der Waals surface area contributed by atoms with Crippen molar-refractivity contribution < 1.29 is 21.6 Å². The number of amides is 1. The van der Waals surface area contributed by atoms with Crippen molar-refractivity contribution in [2.45, 2.75) is 23.1 Å².